The lowest BCUT2D eigenvalue weighted by molar-refractivity contribution is -0.116. The lowest BCUT2D eigenvalue weighted by atomic mass is 10.3. The summed E-state index contributed by atoms with van der Waals surface area (Å²) >= 11 is 0. The van der Waals surface area contributed by atoms with E-state index < -0.39 is 17.5 Å². The fourth-order valence-electron chi connectivity index (χ4n) is 1.76. The van der Waals surface area contributed by atoms with Crippen molar-refractivity contribution in [3.63, 3.8) is 0 Å². The molecule has 0 atom stereocenters. The normalized spacial score (nSPS) is 10.3. The predicted octanol–water partition coefficient (Wildman–Crippen LogP) is 2.61. The topological polar surface area (TPSA) is 51.1 Å². The van der Waals surface area contributed by atoms with Gasteiger partial charge < -0.3 is 9.88 Å². The van der Waals surface area contributed by atoms with Gasteiger partial charge in [-0.25, -0.2) is 8.78 Å². The summed E-state index contributed by atoms with van der Waals surface area (Å²) in [5.41, 5.74) is 0.394. The molecule has 0 aliphatic heterocycles. The van der Waals surface area contributed by atoms with E-state index in [4.69, 9.17) is 0 Å². The fourth-order valence-corrected chi connectivity index (χ4v) is 1.76. The minimum Gasteiger partial charge on any atom is -0.345 e. The van der Waals surface area contributed by atoms with Crippen molar-refractivity contribution >= 4 is 17.9 Å². The van der Waals surface area contributed by atoms with Crippen LogP contribution in [0.25, 0.3) is 0 Å². The van der Waals surface area contributed by atoms with Crippen LogP contribution in [-0.2, 0) is 11.3 Å². The summed E-state index contributed by atoms with van der Waals surface area (Å²) in [7, 11) is 0. The summed E-state index contributed by atoms with van der Waals surface area (Å²) in [6, 6.07) is 6.25. The Bertz CT molecular complexity index is 638. The molecule has 2 rings (SSSR count). The van der Waals surface area contributed by atoms with E-state index in [2.05, 4.69) is 5.32 Å². The Morgan fingerprint density at radius 2 is 2.10 bits per heavy atom. The number of aryl methyl sites for hydroxylation is 1. The van der Waals surface area contributed by atoms with Crippen molar-refractivity contribution in [1.82, 2.24) is 4.57 Å². The van der Waals surface area contributed by atoms with E-state index in [0.29, 0.717) is 24.6 Å². The molecular formula is C14H12F2N2O2. The largest absolute Gasteiger partial charge is 0.345 e. The Morgan fingerprint density at radius 1 is 1.30 bits per heavy atom. The number of nitrogens with one attached hydrogen (secondary N) is 1. The zero-order chi connectivity index (χ0) is 14.5. The van der Waals surface area contributed by atoms with Crippen LogP contribution >= 0.6 is 0 Å². The molecule has 1 aromatic carbocycles. The molecule has 0 aliphatic rings. The van der Waals surface area contributed by atoms with Gasteiger partial charge in [0.25, 0.3) is 0 Å². The maximum absolute atomic E-state index is 13.3. The minimum atomic E-state index is -0.826. The second-order valence-electron chi connectivity index (χ2n) is 4.17. The zero-order valence-electron chi connectivity index (χ0n) is 10.5. The molecule has 4 nitrogen and oxygen atoms in total. The highest BCUT2D eigenvalue weighted by molar-refractivity contribution is 5.90. The molecular weight excluding hydrogens is 266 g/mol. The van der Waals surface area contributed by atoms with Crippen molar-refractivity contribution in [3.8, 4) is 0 Å². The predicted molar refractivity (Wildman–Crippen MR) is 69.4 cm³/mol. The van der Waals surface area contributed by atoms with Gasteiger partial charge in [-0.15, -0.1) is 0 Å². The number of benzene rings is 1. The highest BCUT2D eigenvalue weighted by atomic mass is 19.1. The van der Waals surface area contributed by atoms with Crippen LogP contribution < -0.4 is 5.32 Å². The van der Waals surface area contributed by atoms with Crippen LogP contribution in [0.1, 0.15) is 16.9 Å². The summed E-state index contributed by atoms with van der Waals surface area (Å²) in [6.45, 7) is 0.301. The van der Waals surface area contributed by atoms with E-state index in [9.17, 15) is 18.4 Å². The summed E-state index contributed by atoms with van der Waals surface area (Å²) in [5, 5.41) is 2.36. The fraction of sp³-hybridized carbons (Fsp3) is 0.143. The van der Waals surface area contributed by atoms with E-state index in [1.54, 1.807) is 22.9 Å². The third kappa shape index (κ3) is 3.28. The van der Waals surface area contributed by atoms with Crippen LogP contribution in [0.3, 0.4) is 0 Å². The second kappa shape index (κ2) is 6.10. The SMILES string of the molecule is O=Cc1cccn1CCC(=O)Nc1ccc(F)cc1F. The number of halogens is 2. The summed E-state index contributed by atoms with van der Waals surface area (Å²) in [4.78, 5) is 22.4. The highest BCUT2D eigenvalue weighted by Crippen LogP contribution is 2.15. The summed E-state index contributed by atoms with van der Waals surface area (Å²) < 4.78 is 27.7. The van der Waals surface area contributed by atoms with Gasteiger partial charge in [-0.1, -0.05) is 0 Å². The van der Waals surface area contributed by atoms with Gasteiger partial charge in [0.15, 0.2) is 6.29 Å². The Balaban J connectivity index is 1.94. The molecule has 1 N–H and O–H groups in total. The van der Waals surface area contributed by atoms with Gasteiger partial charge in [0.05, 0.1) is 11.4 Å². The third-order valence-electron chi connectivity index (χ3n) is 2.77. The molecule has 0 radical (unpaired) electrons. The van der Waals surface area contributed by atoms with Crippen LogP contribution in [0, 0.1) is 11.6 Å². The maximum Gasteiger partial charge on any atom is 0.226 e. The van der Waals surface area contributed by atoms with Crippen molar-refractivity contribution < 1.29 is 18.4 Å². The second-order valence-corrected chi connectivity index (χ2v) is 4.17. The van der Waals surface area contributed by atoms with Gasteiger partial charge >= 0.3 is 0 Å². The smallest absolute Gasteiger partial charge is 0.226 e. The number of hydrogen-bond acceptors (Lipinski definition) is 2. The molecule has 20 heavy (non-hydrogen) atoms. The first-order chi connectivity index (χ1) is 9.60. The van der Waals surface area contributed by atoms with Crippen LogP contribution in [-0.4, -0.2) is 16.8 Å². The minimum absolute atomic E-state index is 0.0699. The molecule has 2 aromatic rings. The van der Waals surface area contributed by atoms with Crippen molar-refractivity contribution in [2.75, 3.05) is 5.32 Å². The molecule has 1 aromatic heterocycles. The first-order valence-electron chi connectivity index (χ1n) is 5.95. The number of aromatic nitrogens is 1. The van der Waals surface area contributed by atoms with Crippen LogP contribution in [0.4, 0.5) is 14.5 Å². The number of hydrogen-bond donors (Lipinski definition) is 1. The average molecular weight is 278 g/mol. The Kier molecular flexibility index (Phi) is 4.24. The molecule has 0 unspecified atom stereocenters. The third-order valence-corrected chi connectivity index (χ3v) is 2.77. The lowest BCUT2D eigenvalue weighted by Gasteiger charge is -2.08. The Hall–Kier alpha value is -2.50. The quantitative estimate of drug-likeness (QED) is 0.855. The molecule has 0 fully saturated rings. The van der Waals surface area contributed by atoms with Gasteiger partial charge in [0.1, 0.15) is 11.6 Å². The zero-order valence-corrected chi connectivity index (χ0v) is 10.5. The van der Waals surface area contributed by atoms with E-state index in [1.165, 1.54) is 0 Å². The van der Waals surface area contributed by atoms with E-state index in [-0.39, 0.29) is 12.1 Å². The number of nitrogens with zero attached hydrogens (tertiary/aromatic N) is 1. The van der Waals surface area contributed by atoms with Crippen LogP contribution in [0.15, 0.2) is 36.5 Å². The van der Waals surface area contributed by atoms with E-state index in [0.717, 1.165) is 12.1 Å². The van der Waals surface area contributed by atoms with Crippen molar-refractivity contribution in [2.45, 2.75) is 13.0 Å². The Labute approximate surface area is 114 Å². The van der Waals surface area contributed by atoms with Gasteiger partial charge in [-0.3, -0.25) is 9.59 Å². The number of amides is 1. The number of carbonyl (C=O) groups is 2. The molecule has 0 aliphatic carbocycles. The molecule has 0 spiro atoms. The van der Waals surface area contributed by atoms with Gasteiger partial charge in [0, 0.05) is 25.2 Å². The number of aldehydes is 1. The standard InChI is InChI=1S/C14H12F2N2O2/c15-10-3-4-13(12(16)8-10)17-14(20)5-7-18-6-1-2-11(18)9-19/h1-4,6,8-9H,5,7H2,(H,17,20). The van der Waals surface area contributed by atoms with Crippen molar-refractivity contribution in [1.29, 1.82) is 0 Å². The molecule has 0 saturated heterocycles. The monoisotopic (exact) mass is 278 g/mol. The molecule has 0 saturated carbocycles. The van der Waals surface area contributed by atoms with Gasteiger partial charge in [0.2, 0.25) is 5.91 Å². The number of rotatable bonds is 5. The molecule has 6 heteroatoms. The maximum atomic E-state index is 13.3. The molecule has 0 bridgehead atoms. The molecule has 1 heterocycles. The lowest BCUT2D eigenvalue weighted by Crippen LogP contribution is -2.15. The molecule has 1 amide bonds. The first-order valence-corrected chi connectivity index (χ1v) is 5.95. The summed E-state index contributed by atoms with van der Waals surface area (Å²) in [6.07, 6.45) is 2.44. The number of carbonyl (C=O) groups excluding carboxylic acids is 2. The van der Waals surface area contributed by atoms with Crippen molar-refractivity contribution in [2.24, 2.45) is 0 Å². The van der Waals surface area contributed by atoms with Gasteiger partial charge in [-0.2, -0.15) is 0 Å². The van der Waals surface area contributed by atoms with E-state index in [1.807, 2.05) is 0 Å². The Morgan fingerprint density at radius 3 is 2.80 bits per heavy atom. The summed E-state index contributed by atoms with van der Waals surface area (Å²) in [5.74, 6) is -1.95. The highest BCUT2D eigenvalue weighted by Gasteiger charge is 2.08. The van der Waals surface area contributed by atoms with Crippen molar-refractivity contribution in [3.05, 3.63) is 53.9 Å². The average Bonchev–Trinajstić information content (AvgIpc) is 2.87. The van der Waals surface area contributed by atoms with Gasteiger partial charge in [-0.05, 0) is 24.3 Å². The molecule has 104 valence electrons. The van der Waals surface area contributed by atoms with Crippen LogP contribution in [0.2, 0.25) is 0 Å². The first kappa shape index (κ1) is 13.9. The van der Waals surface area contributed by atoms with E-state index >= 15 is 0 Å². The van der Waals surface area contributed by atoms with Crippen LogP contribution in [0.5, 0.6) is 0 Å². The number of anilines is 1.